The minimum Gasteiger partial charge on any atom is -0.309 e. The highest BCUT2D eigenvalue weighted by Gasteiger charge is 2.56. The summed E-state index contributed by atoms with van der Waals surface area (Å²) >= 11 is 1.99. The van der Waals surface area contributed by atoms with Gasteiger partial charge in [-0.25, -0.2) is 0 Å². The molecule has 3 unspecified atom stereocenters. The maximum atomic E-state index is 3.80. The lowest BCUT2D eigenvalue weighted by molar-refractivity contribution is 0.423. The quantitative estimate of drug-likeness (QED) is 0.827. The fourth-order valence-corrected chi connectivity index (χ4v) is 4.73. The van der Waals surface area contributed by atoms with E-state index in [4.69, 9.17) is 0 Å². The van der Waals surface area contributed by atoms with Crippen LogP contribution >= 0.6 is 11.3 Å². The van der Waals surface area contributed by atoms with Gasteiger partial charge in [0.2, 0.25) is 0 Å². The van der Waals surface area contributed by atoms with Crippen molar-refractivity contribution in [3.8, 4) is 0 Å². The molecule has 1 N–H and O–H groups in total. The molecule has 1 heterocycles. The molecule has 1 aromatic heterocycles. The average molecular weight is 249 g/mol. The first-order valence-corrected chi connectivity index (χ1v) is 7.92. The predicted molar refractivity (Wildman–Crippen MR) is 74.4 cm³/mol. The number of rotatable bonds is 5. The molecule has 1 nitrogen and oxygen atoms in total. The monoisotopic (exact) mass is 249 g/mol. The first-order chi connectivity index (χ1) is 8.31. The van der Waals surface area contributed by atoms with Crippen LogP contribution in [-0.4, -0.2) is 6.54 Å². The van der Waals surface area contributed by atoms with E-state index in [-0.39, 0.29) is 0 Å². The second-order valence-electron chi connectivity index (χ2n) is 5.72. The predicted octanol–water partition coefficient (Wildman–Crippen LogP) is 4.14. The minimum absolute atomic E-state index is 0.656. The molecule has 2 saturated carbocycles. The van der Waals surface area contributed by atoms with Crippen LogP contribution in [-0.2, 0) is 0 Å². The highest BCUT2D eigenvalue weighted by molar-refractivity contribution is 7.12. The molecule has 17 heavy (non-hydrogen) atoms. The lowest BCUT2D eigenvalue weighted by Crippen LogP contribution is -2.24. The van der Waals surface area contributed by atoms with Gasteiger partial charge in [0.05, 0.1) is 0 Å². The van der Waals surface area contributed by atoms with Gasteiger partial charge in [0.1, 0.15) is 0 Å². The van der Waals surface area contributed by atoms with Crippen LogP contribution in [0.5, 0.6) is 0 Å². The molecule has 2 aliphatic rings. The molecule has 1 aromatic rings. The Kier molecular flexibility index (Phi) is 3.27. The Morgan fingerprint density at radius 3 is 2.71 bits per heavy atom. The van der Waals surface area contributed by atoms with Gasteiger partial charge in [-0.3, -0.25) is 0 Å². The summed E-state index contributed by atoms with van der Waals surface area (Å²) in [6.45, 7) is 5.65. The molecule has 0 saturated heterocycles. The molecule has 0 amide bonds. The standard InChI is InChI=1S/C15H23NS/c1-3-9-16-15(13-8-7-10(2)17-13)14-11-5-4-6-12(11)14/h7-8,11-12,14-16H,3-6,9H2,1-2H3. The van der Waals surface area contributed by atoms with E-state index in [1.807, 2.05) is 11.3 Å². The number of nitrogens with one attached hydrogen (secondary N) is 1. The highest BCUT2D eigenvalue weighted by Crippen LogP contribution is 2.62. The van der Waals surface area contributed by atoms with Crippen LogP contribution in [0.4, 0.5) is 0 Å². The van der Waals surface area contributed by atoms with Crippen LogP contribution in [0.1, 0.15) is 48.4 Å². The molecule has 2 heteroatoms. The Labute approximate surface area is 109 Å². The normalized spacial score (nSPS) is 32.5. The summed E-state index contributed by atoms with van der Waals surface area (Å²) in [6.07, 6.45) is 5.70. The Morgan fingerprint density at radius 2 is 2.12 bits per heavy atom. The van der Waals surface area contributed by atoms with Crippen LogP contribution in [0.2, 0.25) is 0 Å². The van der Waals surface area contributed by atoms with Crippen molar-refractivity contribution in [2.45, 2.75) is 45.6 Å². The number of aryl methyl sites for hydroxylation is 1. The van der Waals surface area contributed by atoms with Gasteiger partial charge in [-0.15, -0.1) is 11.3 Å². The van der Waals surface area contributed by atoms with Gasteiger partial charge < -0.3 is 5.32 Å². The van der Waals surface area contributed by atoms with E-state index in [2.05, 4.69) is 31.3 Å². The minimum atomic E-state index is 0.656. The van der Waals surface area contributed by atoms with E-state index < -0.39 is 0 Å². The van der Waals surface area contributed by atoms with E-state index in [1.54, 1.807) is 4.88 Å². The van der Waals surface area contributed by atoms with Gasteiger partial charge in [0, 0.05) is 15.8 Å². The summed E-state index contributed by atoms with van der Waals surface area (Å²) in [5.41, 5.74) is 0. The zero-order valence-corrected chi connectivity index (χ0v) is 11.7. The largest absolute Gasteiger partial charge is 0.309 e. The number of hydrogen-bond donors (Lipinski definition) is 1. The Bertz CT molecular complexity index is 374. The Balaban J connectivity index is 1.73. The van der Waals surface area contributed by atoms with Crippen molar-refractivity contribution >= 4 is 11.3 Å². The van der Waals surface area contributed by atoms with Crippen LogP contribution in [0.15, 0.2) is 12.1 Å². The van der Waals surface area contributed by atoms with E-state index >= 15 is 0 Å². The first-order valence-electron chi connectivity index (χ1n) is 7.11. The lowest BCUT2D eigenvalue weighted by Gasteiger charge is -2.19. The van der Waals surface area contributed by atoms with Gasteiger partial charge in [-0.1, -0.05) is 13.3 Å². The third kappa shape index (κ3) is 2.17. The summed E-state index contributed by atoms with van der Waals surface area (Å²) in [4.78, 5) is 3.03. The summed E-state index contributed by atoms with van der Waals surface area (Å²) in [5, 5.41) is 3.80. The average Bonchev–Trinajstić information content (AvgIpc) is 2.73. The van der Waals surface area contributed by atoms with Crippen LogP contribution in [0.3, 0.4) is 0 Å². The Hall–Kier alpha value is -0.340. The van der Waals surface area contributed by atoms with Crippen molar-refractivity contribution in [2.24, 2.45) is 17.8 Å². The second kappa shape index (κ2) is 4.74. The molecular weight excluding hydrogens is 226 g/mol. The molecule has 0 spiro atoms. The van der Waals surface area contributed by atoms with Gasteiger partial charge >= 0.3 is 0 Å². The van der Waals surface area contributed by atoms with Gasteiger partial charge in [-0.05, 0) is 62.6 Å². The van der Waals surface area contributed by atoms with Crippen molar-refractivity contribution in [3.63, 3.8) is 0 Å². The van der Waals surface area contributed by atoms with Gasteiger partial charge in [0.15, 0.2) is 0 Å². The topological polar surface area (TPSA) is 12.0 Å². The highest BCUT2D eigenvalue weighted by atomic mass is 32.1. The molecule has 94 valence electrons. The van der Waals surface area contributed by atoms with E-state index in [0.717, 1.165) is 24.3 Å². The van der Waals surface area contributed by atoms with Crippen molar-refractivity contribution in [1.82, 2.24) is 5.32 Å². The maximum absolute atomic E-state index is 3.80. The molecule has 0 aliphatic heterocycles. The van der Waals surface area contributed by atoms with Crippen molar-refractivity contribution in [1.29, 1.82) is 0 Å². The zero-order chi connectivity index (χ0) is 11.8. The third-order valence-electron chi connectivity index (χ3n) is 4.54. The summed E-state index contributed by atoms with van der Waals surface area (Å²) in [5.74, 6) is 3.05. The molecule has 0 bridgehead atoms. The summed E-state index contributed by atoms with van der Waals surface area (Å²) in [7, 11) is 0. The molecule has 3 atom stereocenters. The SMILES string of the molecule is CCCNC(c1ccc(C)s1)C1C2CCCC21. The van der Waals surface area contributed by atoms with Crippen molar-refractivity contribution < 1.29 is 0 Å². The number of thiophene rings is 1. The first kappa shape index (κ1) is 11.7. The second-order valence-corrected chi connectivity index (χ2v) is 7.04. The van der Waals surface area contributed by atoms with Crippen LogP contribution in [0, 0.1) is 24.7 Å². The van der Waals surface area contributed by atoms with E-state index in [1.165, 1.54) is 30.6 Å². The van der Waals surface area contributed by atoms with Crippen molar-refractivity contribution in [2.75, 3.05) is 6.54 Å². The van der Waals surface area contributed by atoms with Gasteiger partial charge in [0.25, 0.3) is 0 Å². The van der Waals surface area contributed by atoms with Crippen LogP contribution < -0.4 is 5.32 Å². The van der Waals surface area contributed by atoms with Gasteiger partial charge in [-0.2, -0.15) is 0 Å². The molecule has 2 fully saturated rings. The van der Waals surface area contributed by atoms with Crippen LogP contribution in [0.25, 0.3) is 0 Å². The summed E-state index contributed by atoms with van der Waals surface area (Å²) < 4.78 is 0. The fraction of sp³-hybridized carbons (Fsp3) is 0.733. The maximum Gasteiger partial charge on any atom is 0.0449 e. The summed E-state index contributed by atoms with van der Waals surface area (Å²) in [6, 6.07) is 5.28. The van der Waals surface area contributed by atoms with E-state index in [0.29, 0.717) is 6.04 Å². The molecule has 2 aliphatic carbocycles. The lowest BCUT2D eigenvalue weighted by atomic mass is 10.0. The smallest absolute Gasteiger partial charge is 0.0449 e. The number of hydrogen-bond acceptors (Lipinski definition) is 2. The van der Waals surface area contributed by atoms with Crippen molar-refractivity contribution in [3.05, 3.63) is 21.9 Å². The molecular formula is C15H23NS. The molecule has 3 rings (SSSR count). The Morgan fingerprint density at radius 1 is 1.35 bits per heavy atom. The molecule has 0 aromatic carbocycles. The van der Waals surface area contributed by atoms with E-state index in [9.17, 15) is 0 Å². The third-order valence-corrected chi connectivity index (χ3v) is 5.62. The zero-order valence-electron chi connectivity index (χ0n) is 10.9. The molecule has 0 radical (unpaired) electrons. The fourth-order valence-electron chi connectivity index (χ4n) is 3.72. The number of fused-ring (bicyclic) bond motifs is 1.